The van der Waals surface area contributed by atoms with Gasteiger partial charge in [-0.15, -0.1) is 0 Å². The second-order valence-electron chi connectivity index (χ2n) is 7.78. The fourth-order valence-electron chi connectivity index (χ4n) is 4.04. The number of amides is 1. The number of carbonyl (C=O) groups excluding carboxylic acids is 1. The van der Waals surface area contributed by atoms with Crippen molar-refractivity contribution in [2.45, 2.75) is 4.90 Å². The predicted octanol–water partition coefficient (Wildman–Crippen LogP) is 3.93. The van der Waals surface area contributed by atoms with Crippen LogP contribution in [0.2, 0.25) is 0 Å². The molecule has 4 aromatic rings. The summed E-state index contributed by atoms with van der Waals surface area (Å²) >= 11 is 3.32. The van der Waals surface area contributed by atoms with Crippen molar-refractivity contribution in [1.82, 2.24) is 18.8 Å². The molecule has 7 nitrogen and oxygen atoms in total. The van der Waals surface area contributed by atoms with Gasteiger partial charge in [-0.3, -0.25) is 9.36 Å². The Hall–Kier alpha value is -3.01. The Bertz CT molecular complexity index is 1430. The number of fused-ring (bicyclic) bond motifs is 1. The first-order valence-corrected chi connectivity index (χ1v) is 12.7. The maximum absolute atomic E-state index is 13.0. The van der Waals surface area contributed by atoms with Gasteiger partial charge < -0.3 is 4.90 Å². The lowest BCUT2D eigenvalue weighted by molar-refractivity contribution is 0.0698. The van der Waals surface area contributed by atoms with E-state index in [2.05, 4.69) is 20.9 Å². The number of aromatic nitrogens is 2. The van der Waals surface area contributed by atoms with E-state index >= 15 is 0 Å². The van der Waals surface area contributed by atoms with E-state index in [-0.39, 0.29) is 23.9 Å². The van der Waals surface area contributed by atoms with Crippen molar-refractivity contribution >= 4 is 42.9 Å². The molecule has 1 aliphatic heterocycles. The van der Waals surface area contributed by atoms with Crippen LogP contribution in [0.5, 0.6) is 0 Å². The third kappa shape index (κ3) is 4.07. The van der Waals surface area contributed by atoms with Crippen LogP contribution < -0.4 is 0 Å². The first kappa shape index (κ1) is 21.8. The summed E-state index contributed by atoms with van der Waals surface area (Å²) in [5.41, 5.74) is 3.40. The number of imidazole rings is 1. The summed E-state index contributed by atoms with van der Waals surface area (Å²) in [6.45, 7) is 1.20. The summed E-state index contributed by atoms with van der Waals surface area (Å²) in [7, 11) is -3.62. The molecule has 0 aliphatic carbocycles. The molecule has 168 valence electrons. The smallest absolute Gasteiger partial charge is 0.253 e. The number of nitrogens with zero attached hydrogens (tertiary/aromatic N) is 4. The molecule has 1 aliphatic rings. The lowest BCUT2D eigenvalue weighted by Crippen LogP contribution is -2.50. The van der Waals surface area contributed by atoms with Crippen LogP contribution in [0, 0.1) is 0 Å². The highest BCUT2D eigenvalue weighted by Gasteiger charge is 2.31. The molecular formula is C24H21BrN4O3S. The van der Waals surface area contributed by atoms with Crippen molar-refractivity contribution in [3.8, 4) is 5.69 Å². The lowest BCUT2D eigenvalue weighted by Gasteiger charge is -2.34. The van der Waals surface area contributed by atoms with Crippen LogP contribution in [0.25, 0.3) is 16.7 Å². The summed E-state index contributed by atoms with van der Waals surface area (Å²) in [5.74, 6) is -0.102. The van der Waals surface area contributed by atoms with Crippen molar-refractivity contribution in [2.75, 3.05) is 26.2 Å². The van der Waals surface area contributed by atoms with Gasteiger partial charge in [0.2, 0.25) is 10.0 Å². The van der Waals surface area contributed by atoms with Crippen LogP contribution in [-0.2, 0) is 10.0 Å². The minimum atomic E-state index is -3.62. The first-order valence-electron chi connectivity index (χ1n) is 10.5. The highest BCUT2D eigenvalue weighted by molar-refractivity contribution is 9.10. The fourth-order valence-corrected chi connectivity index (χ4v) is 6.42. The molecule has 0 N–H and O–H groups in total. The Labute approximate surface area is 200 Å². The molecule has 0 spiro atoms. The normalized spacial score (nSPS) is 15.1. The predicted molar refractivity (Wildman–Crippen MR) is 130 cm³/mol. The number of carbonyl (C=O) groups is 1. The molecule has 33 heavy (non-hydrogen) atoms. The number of hydrogen-bond donors (Lipinski definition) is 0. The molecular weight excluding hydrogens is 504 g/mol. The van der Waals surface area contributed by atoms with E-state index < -0.39 is 10.0 Å². The Morgan fingerprint density at radius 2 is 1.52 bits per heavy atom. The van der Waals surface area contributed by atoms with Gasteiger partial charge in [0, 0.05) is 41.9 Å². The zero-order valence-electron chi connectivity index (χ0n) is 17.6. The minimum absolute atomic E-state index is 0.102. The first-order chi connectivity index (χ1) is 15.9. The van der Waals surface area contributed by atoms with E-state index in [4.69, 9.17) is 0 Å². The zero-order valence-corrected chi connectivity index (χ0v) is 20.0. The Kier molecular flexibility index (Phi) is 5.77. The Morgan fingerprint density at radius 3 is 2.24 bits per heavy atom. The third-order valence-corrected chi connectivity index (χ3v) is 8.74. The topological polar surface area (TPSA) is 75.5 Å². The number of rotatable bonds is 4. The molecule has 0 saturated carbocycles. The van der Waals surface area contributed by atoms with Crippen LogP contribution in [0.4, 0.5) is 0 Å². The van der Waals surface area contributed by atoms with E-state index in [1.54, 1.807) is 47.6 Å². The molecule has 1 saturated heterocycles. The van der Waals surface area contributed by atoms with Crippen molar-refractivity contribution < 1.29 is 13.2 Å². The standard InChI is InChI=1S/C24H21BrN4O3S/c25-20-5-1-4-8-23(20)33(31,32)28-15-13-27(14-16-28)24(30)18-9-11-19(12-10-18)29-17-26-21-6-2-3-7-22(21)29/h1-12,17H,13-16H2. The van der Waals surface area contributed by atoms with Crippen LogP contribution in [0.15, 0.2) is 88.5 Å². The monoisotopic (exact) mass is 524 g/mol. The van der Waals surface area contributed by atoms with Gasteiger partial charge in [0.05, 0.1) is 15.9 Å². The van der Waals surface area contributed by atoms with E-state index in [0.29, 0.717) is 23.1 Å². The van der Waals surface area contributed by atoms with Crippen LogP contribution >= 0.6 is 15.9 Å². The van der Waals surface area contributed by atoms with Gasteiger partial charge in [0.25, 0.3) is 5.91 Å². The molecule has 0 unspecified atom stereocenters. The number of halogens is 1. The summed E-state index contributed by atoms with van der Waals surface area (Å²) in [6.07, 6.45) is 1.77. The summed E-state index contributed by atoms with van der Waals surface area (Å²) in [5, 5.41) is 0. The van der Waals surface area contributed by atoms with Crippen molar-refractivity contribution in [3.05, 3.63) is 89.2 Å². The molecule has 1 aromatic heterocycles. The van der Waals surface area contributed by atoms with Crippen LogP contribution in [0.3, 0.4) is 0 Å². The average molecular weight is 525 g/mol. The molecule has 1 amide bonds. The van der Waals surface area contributed by atoms with Gasteiger partial charge in [0.1, 0.15) is 6.33 Å². The summed E-state index contributed by atoms with van der Waals surface area (Å²) in [4.78, 5) is 19.4. The highest BCUT2D eigenvalue weighted by Crippen LogP contribution is 2.26. The number of sulfonamides is 1. The van der Waals surface area contributed by atoms with Gasteiger partial charge >= 0.3 is 0 Å². The number of piperazine rings is 1. The van der Waals surface area contributed by atoms with Crippen LogP contribution in [-0.4, -0.2) is 59.3 Å². The molecule has 0 atom stereocenters. The second-order valence-corrected chi connectivity index (χ2v) is 10.5. The number of para-hydroxylation sites is 2. The van der Waals surface area contributed by atoms with E-state index in [1.165, 1.54) is 4.31 Å². The van der Waals surface area contributed by atoms with E-state index in [9.17, 15) is 13.2 Å². The molecule has 3 aromatic carbocycles. The molecule has 1 fully saturated rings. The maximum Gasteiger partial charge on any atom is 0.253 e. The SMILES string of the molecule is O=C(c1ccc(-n2cnc3ccccc32)cc1)N1CCN(S(=O)(=O)c2ccccc2Br)CC1. The lowest BCUT2D eigenvalue weighted by atomic mass is 10.1. The highest BCUT2D eigenvalue weighted by atomic mass is 79.9. The molecule has 0 bridgehead atoms. The number of hydrogen-bond acceptors (Lipinski definition) is 4. The summed E-state index contributed by atoms with van der Waals surface area (Å²) in [6, 6.07) is 22.1. The molecule has 2 heterocycles. The van der Waals surface area contributed by atoms with Crippen molar-refractivity contribution in [1.29, 1.82) is 0 Å². The quantitative estimate of drug-likeness (QED) is 0.405. The van der Waals surface area contributed by atoms with E-state index in [0.717, 1.165) is 16.7 Å². The minimum Gasteiger partial charge on any atom is -0.336 e. The maximum atomic E-state index is 13.0. The summed E-state index contributed by atoms with van der Waals surface area (Å²) < 4.78 is 29.9. The number of benzene rings is 3. The van der Waals surface area contributed by atoms with Crippen LogP contribution in [0.1, 0.15) is 10.4 Å². The van der Waals surface area contributed by atoms with E-state index in [1.807, 2.05) is 41.0 Å². The van der Waals surface area contributed by atoms with Crippen molar-refractivity contribution in [3.63, 3.8) is 0 Å². The largest absolute Gasteiger partial charge is 0.336 e. The zero-order chi connectivity index (χ0) is 23.0. The fraction of sp³-hybridized carbons (Fsp3) is 0.167. The molecule has 5 rings (SSSR count). The van der Waals surface area contributed by atoms with Gasteiger partial charge in [-0.25, -0.2) is 13.4 Å². The Balaban J connectivity index is 1.28. The second kappa shape index (κ2) is 8.74. The van der Waals surface area contributed by atoms with Gasteiger partial charge in [0.15, 0.2) is 0 Å². The van der Waals surface area contributed by atoms with Gasteiger partial charge in [-0.1, -0.05) is 24.3 Å². The van der Waals surface area contributed by atoms with Crippen molar-refractivity contribution in [2.24, 2.45) is 0 Å². The van der Waals surface area contributed by atoms with Gasteiger partial charge in [-0.05, 0) is 64.5 Å². The average Bonchev–Trinajstić information content (AvgIpc) is 3.28. The molecule has 0 radical (unpaired) electrons. The molecule has 9 heteroatoms. The van der Waals surface area contributed by atoms with Gasteiger partial charge in [-0.2, -0.15) is 4.31 Å². The third-order valence-electron chi connectivity index (χ3n) is 5.83. The Morgan fingerprint density at radius 1 is 0.848 bits per heavy atom.